The first-order valence-corrected chi connectivity index (χ1v) is 13.7. The van der Waals surface area contributed by atoms with Crippen molar-refractivity contribution in [1.82, 2.24) is 5.43 Å². The Hall–Kier alpha value is -4.83. The minimum atomic E-state index is -0.830. The first-order valence-electron chi connectivity index (χ1n) is 12.9. The molecule has 1 atom stereocenters. The summed E-state index contributed by atoms with van der Waals surface area (Å²) in [6.07, 6.45) is 0.550. The predicted molar refractivity (Wildman–Crippen MR) is 162 cm³/mol. The summed E-state index contributed by atoms with van der Waals surface area (Å²) < 4.78 is 28.3. The highest BCUT2D eigenvalue weighted by Crippen LogP contribution is 2.29. The lowest BCUT2D eigenvalue weighted by Crippen LogP contribution is -2.33. The van der Waals surface area contributed by atoms with Crippen molar-refractivity contribution in [2.45, 2.75) is 19.6 Å². The molecule has 4 aromatic rings. The zero-order chi connectivity index (χ0) is 29.9. The average Bonchev–Trinajstić information content (AvgIpc) is 3.01. The van der Waals surface area contributed by atoms with Gasteiger partial charge in [0.25, 0.3) is 5.91 Å². The highest BCUT2D eigenvalue weighted by Gasteiger charge is 2.16. The second kappa shape index (κ2) is 14.7. The first kappa shape index (κ1) is 30.1. The van der Waals surface area contributed by atoms with Crippen molar-refractivity contribution in [3.05, 3.63) is 112 Å². The molecule has 0 heterocycles. The highest BCUT2D eigenvalue weighted by molar-refractivity contribution is 9.10. The number of carbonyl (C=O) groups excluding carboxylic acids is 2. The molecule has 0 aromatic heterocycles. The van der Waals surface area contributed by atoms with Crippen LogP contribution in [0.2, 0.25) is 0 Å². The highest BCUT2D eigenvalue weighted by atomic mass is 79.9. The molecule has 0 saturated heterocycles. The molecule has 0 fully saturated rings. The molecule has 0 bridgehead atoms. The molecule has 0 spiro atoms. The third kappa shape index (κ3) is 8.34. The lowest BCUT2D eigenvalue weighted by Gasteiger charge is -2.14. The maximum absolute atomic E-state index is 12.8. The SMILES string of the molecule is COc1ccc(C(=O)Oc2ccc(Br)cc2C=NNC(=O)C(C)Oc2ccc(OCc3ccccc3)cc2)cc1OC. The lowest BCUT2D eigenvalue weighted by atomic mass is 10.2. The Labute approximate surface area is 252 Å². The van der Waals surface area contributed by atoms with Crippen LogP contribution < -0.4 is 29.1 Å². The Bertz CT molecular complexity index is 1540. The number of hydrogen-bond donors (Lipinski definition) is 1. The number of nitrogens with zero attached hydrogens (tertiary/aromatic N) is 1. The van der Waals surface area contributed by atoms with Crippen LogP contribution in [-0.4, -0.2) is 38.4 Å². The fraction of sp³-hybridized carbons (Fsp3) is 0.156. The molecule has 0 aliphatic carbocycles. The zero-order valence-corrected chi connectivity index (χ0v) is 24.8. The maximum Gasteiger partial charge on any atom is 0.343 e. The van der Waals surface area contributed by atoms with Crippen LogP contribution in [-0.2, 0) is 11.4 Å². The fourth-order valence-corrected chi connectivity index (χ4v) is 4.08. The van der Waals surface area contributed by atoms with Gasteiger partial charge in [-0.25, -0.2) is 10.2 Å². The van der Waals surface area contributed by atoms with Gasteiger partial charge in [0.1, 0.15) is 23.9 Å². The first-order chi connectivity index (χ1) is 20.4. The van der Waals surface area contributed by atoms with Crippen LogP contribution in [0.4, 0.5) is 0 Å². The number of hydrazone groups is 1. The van der Waals surface area contributed by atoms with Gasteiger partial charge in [-0.2, -0.15) is 5.10 Å². The summed E-state index contributed by atoms with van der Waals surface area (Å²) in [6, 6.07) is 26.6. The fourth-order valence-electron chi connectivity index (χ4n) is 3.70. The van der Waals surface area contributed by atoms with E-state index < -0.39 is 18.0 Å². The van der Waals surface area contributed by atoms with E-state index >= 15 is 0 Å². The van der Waals surface area contributed by atoms with E-state index in [9.17, 15) is 9.59 Å². The van der Waals surface area contributed by atoms with Gasteiger partial charge in [-0.3, -0.25) is 4.79 Å². The maximum atomic E-state index is 12.8. The van der Waals surface area contributed by atoms with Gasteiger partial charge in [0, 0.05) is 10.0 Å². The normalized spacial score (nSPS) is 11.4. The van der Waals surface area contributed by atoms with Crippen LogP contribution in [0.1, 0.15) is 28.4 Å². The number of hydrogen-bond acceptors (Lipinski definition) is 8. The summed E-state index contributed by atoms with van der Waals surface area (Å²) in [4.78, 5) is 25.4. The Balaban J connectivity index is 1.33. The van der Waals surface area contributed by atoms with E-state index in [-0.39, 0.29) is 11.3 Å². The Morgan fingerprint density at radius 3 is 2.26 bits per heavy atom. The smallest absolute Gasteiger partial charge is 0.343 e. The van der Waals surface area contributed by atoms with E-state index in [1.54, 1.807) is 61.5 Å². The van der Waals surface area contributed by atoms with E-state index in [4.69, 9.17) is 23.7 Å². The van der Waals surface area contributed by atoms with Crippen LogP contribution in [0.25, 0.3) is 0 Å². The third-order valence-corrected chi connectivity index (χ3v) is 6.42. The summed E-state index contributed by atoms with van der Waals surface area (Å²) >= 11 is 3.40. The van der Waals surface area contributed by atoms with Crippen molar-refractivity contribution < 1.29 is 33.3 Å². The van der Waals surface area contributed by atoms with E-state index in [0.717, 1.165) is 10.0 Å². The number of ether oxygens (including phenoxy) is 5. The Kier molecular flexibility index (Phi) is 10.5. The van der Waals surface area contributed by atoms with Gasteiger partial charge in [0.2, 0.25) is 0 Å². The van der Waals surface area contributed by atoms with Gasteiger partial charge in [-0.15, -0.1) is 0 Å². The second-order valence-corrected chi connectivity index (χ2v) is 9.80. The molecule has 0 saturated carbocycles. The summed E-state index contributed by atoms with van der Waals surface area (Å²) in [7, 11) is 2.99. The number of rotatable bonds is 12. The number of esters is 1. The van der Waals surface area contributed by atoms with Crippen molar-refractivity contribution in [2.24, 2.45) is 5.10 Å². The quantitative estimate of drug-likeness (QED) is 0.0860. The largest absolute Gasteiger partial charge is 0.493 e. The van der Waals surface area contributed by atoms with Gasteiger partial charge in [-0.05, 0) is 73.2 Å². The van der Waals surface area contributed by atoms with E-state index in [1.807, 2.05) is 30.3 Å². The molecular formula is C32H29BrN2O7. The van der Waals surface area contributed by atoms with Crippen molar-refractivity contribution in [1.29, 1.82) is 0 Å². The topological polar surface area (TPSA) is 105 Å². The van der Waals surface area contributed by atoms with Crippen molar-refractivity contribution >= 4 is 34.0 Å². The van der Waals surface area contributed by atoms with Gasteiger partial charge in [-0.1, -0.05) is 46.3 Å². The van der Waals surface area contributed by atoms with Crippen LogP contribution >= 0.6 is 15.9 Å². The van der Waals surface area contributed by atoms with E-state index in [1.165, 1.54) is 26.5 Å². The molecule has 1 unspecified atom stereocenters. The molecule has 0 aliphatic rings. The molecule has 42 heavy (non-hydrogen) atoms. The number of carbonyl (C=O) groups is 2. The summed E-state index contributed by atoms with van der Waals surface area (Å²) in [5.41, 5.74) is 4.25. The van der Waals surface area contributed by atoms with Crippen LogP contribution in [0.5, 0.6) is 28.7 Å². The molecule has 1 N–H and O–H groups in total. The van der Waals surface area contributed by atoms with Crippen LogP contribution in [0.3, 0.4) is 0 Å². The standard InChI is InChI=1S/C32H29BrN2O7/c1-21(41-27-13-11-26(12-14-27)40-20-22-7-5-4-6-8-22)31(36)35-34-19-24-17-25(33)10-16-28(24)42-32(37)23-9-15-29(38-2)30(18-23)39-3/h4-19,21H,20H2,1-3H3,(H,35,36). The van der Waals surface area contributed by atoms with Gasteiger partial charge < -0.3 is 23.7 Å². The van der Waals surface area contributed by atoms with Crippen LogP contribution in [0, 0.1) is 0 Å². The monoisotopic (exact) mass is 632 g/mol. The van der Waals surface area contributed by atoms with Gasteiger partial charge >= 0.3 is 5.97 Å². The van der Waals surface area contributed by atoms with Gasteiger partial charge in [0.05, 0.1) is 26.0 Å². The Morgan fingerprint density at radius 1 is 0.857 bits per heavy atom. The average molecular weight is 633 g/mol. The van der Waals surface area contributed by atoms with Gasteiger partial charge in [0.15, 0.2) is 17.6 Å². The molecule has 0 aliphatic heterocycles. The van der Waals surface area contributed by atoms with Crippen molar-refractivity contribution in [3.63, 3.8) is 0 Å². The van der Waals surface area contributed by atoms with Crippen LogP contribution in [0.15, 0.2) is 101 Å². The molecule has 9 nitrogen and oxygen atoms in total. The number of amides is 1. The molecule has 10 heteroatoms. The molecule has 216 valence electrons. The number of methoxy groups -OCH3 is 2. The van der Waals surface area contributed by atoms with E-state index in [2.05, 4.69) is 26.5 Å². The third-order valence-electron chi connectivity index (χ3n) is 5.93. The molecule has 0 radical (unpaired) electrons. The molecule has 4 aromatic carbocycles. The number of benzene rings is 4. The molecule has 1 amide bonds. The minimum Gasteiger partial charge on any atom is -0.493 e. The molecule has 4 rings (SSSR count). The van der Waals surface area contributed by atoms with Crippen molar-refractivity contribution in [3.8, 4) is 28.7 Å². The summed E-state index contributed by atoms with van der Waals surface area (Å²) in [5, 5.41) is 4.03. The summed E-state index contributed by atoms with van der Waals surface area (Å²) in [5.74, 6) is 1.26. The lowest BCUT2D eigenvalue weighted by molar-refractivity contribution is -0.127. The Morgan fingerprint density at radius 2 is 1.55 bits per heavy atom. The van der Waals surface area contributed by atoms with Crippen molar-refractivity contribution in [2.75, 3.05) is 14.2 Å². The second-order valence-electron chi connectivity index (χ2n) is 8.88. The number of halogens is 1. The minimum absolute atomic E-state index is 0.245. The summed E-state index contributed by atoms with van der Waals surface area (Å²) in [6.45, 7) is 2.06. The van der Waals surface area contributed by atoms with E-state index in [0.29, 0.717) is 35.2 Å². The zero-order valence-electron chi connectivity index (χ0n) is 23.2. The predicted octanol–water partition coefficient (Wildman–Crippen LogP) is 6.18. The molecular weight excluding hydrogens is 604 g/mol. The number of nitrogens with one attached hydrogen (secondary N) is 1.